The van der Waals surface area contributed by atoms with Gasteiger partial charge < -0.3 is 4.74 Å². The van der Waals surface area contributed by atoms with Crippen molar-refractivity contribution in [2.45, 2.75) is 6.54 Å². The number of imide groups is 1. The Bertz CT molecular complexity index is 902. The van der Waals surface area contributed by atoms with E-state index >= 15 is 0 Å². The second-order valence-corrected chi connectivity index (χ2v) is 7.32. The number of nitrogens with zero attached hydrogens (tertiary/aromatic N) is 2. The van der Waals surface area contributed by atoms with Crippen LogP contribution in [0.1, 0.15) is 11.1 Å². The summed E-state index contributed by atoms with van der Waals surface area (Å²) in [5, 5.41) is 8.23. The van der Waals surface area contributed by atoms with Crippen LogP contribution in [0.3, 0.4) is 0 Å². The van der Waals surface area contributed by atoms with Crippen molar-refractivity contribution in [2.75, 3.05) is 6.61 Å². The Labute approximate surface area is 163 Å². The van der Waals surface area contributed by atoms with E-state index in [1.54, 1.807) is 30.3 Å². The lowest BCUT2D eigenvalue weighted by Gasteiger charge is -2.12. The van der Waals surface area contributed by atoms with Gasteiger partial charge in [0, 0.05) is 4.47 Å². The van der Waals surface area contributed by atoms with Crippen molar-refractivity contribution < 1.29 is 14.3 Å². The third kappa shape index (κ3) is 4.34. The van der Waals surface area contributed by atoms with Crippen LogP contribution < -0.4 is 4.74 Å². The topological polar surface area (TPSA) is 70.4 Å². The highest BCUT2D eigenvalue weighted by Gasteiger charge is 2.34. The molecular formula is C19H13BrN2O3S. The van der Waals surface area contributed by atoms with Crippen LogP contribution in [-0.2, 0) is 11.3 Å². The summed E-state index contributed by atoms with van der Waals surface area (Å²) in [7, 11) is 0. The highest BCUT2D eigenvalue weighted by molar-refractivity contribution is 9.10. The second kappa shape index (κ2) is 8.21. The summed E-state index contributed by atoms with van der Waals surface area (Å²) in [6, 6.07) is 16.4. The van der Waals surface area contributed by atoms with Gasteiger partial charge >= 0.3 is 0 Å². The van der Waals surface area contributed by atoms with E-state index in [1.807, 2.05) is 30.3 Å². The minimum absolute atomic E-state index is 0.0196. The molecule has 0 unspecified atom stereocenters. The number of hydrogen-bond acceptors (Lipinski definition) is 5. The first-order valence-electron chi connectivity index (χ1n) is 7.66. The molecule has 2 aromatic carbocycles. The van der Waals surface area contributed by atoms with E-state index in [-0.39, 0.29) is 24.3 Å². The third-order valence-electron chi connectivity index (χ3n) is 3.61. The molecule has 1 fully saturated rings. The van der Waals surface area contributed by atoms with Crippen molar-refractivity contribution in [3.8, 4) is 11.8 Å². The molecule has 1 aliphatic heterocycles. The lowest BCUT2D eigenvalue weighted by molar-refractivity contribution is -0.123. The molecule has 0 spiro atoms. The maximum absolute atomic E-state index is 12.5. The first-order chi connectivity index (χ1) is 12.6. The zero-order valence-corrected chi connectivity index (χ0v) is 15.9. The SMILES string of the molecule is N#CCOc1ccc(/C=C2\SC(=O)N(Cc3ccc(Br)cc3)C2=O)cc1. The Balaban J connectivity index is 1.72. The molecule has 0 N–H and O–H groups in total. The van der Waals surface area contributed by atoms with Gasteiger partial charge in [-0.2, -0.15) is 5.26 Å². The quantitative estimate of drug-likeness (QED) is 0.651. The number of carbonyl (C=O) groups excluding carboxylic acids is 2. The zero-order chi connectivity index (χ0) is 18.5. The van der Waals surface area contributed by atoms with Crippen LogP contribution in [0, 0.1) is 11.3 Å². The van der Waals surface area contributed by atoms with Gasteiger partial charge in [-0.1, -0.05) is 40.2 Å². The molecule has 0 bridgehead atoms. The van der Waals surface area contributed by atoms with Crippen LogP contribution in [0.4, 0.5) is 4.79 Å². The molecule has 0 radical (unpaired) electrons. The van der Waals surface area contributed by atoms with Crippen molar-refractivity contribution in [3.05, 3.63) is 69.0 Å². The normalized spacial score (nSPS) is 15.4. The van der Waals surface area contributed by atoms with Gasteiger partial charge in [-0.05, 0) is 53.2 Å². The van der Waals surface area contributed by atoms with E-state index in [9.17, 15) is 9.59 Å². The number of nitriles is 1. The average molecular weight is 429 g/mol. The first kappa shape index (κ1) is 18.2. The molecule has 0 atom stereocenters. The molecule has 130 valence electrons. The number of halogens is 1. The van der Waals surface area contributed by atoms with Gasteiger partial charge in [-0.25, -0.2) is 0 Å². The molecule has 0 aliphatic carbocycles. The number of amides is 2. The predicted molar refractivity (Wildman–Crippen MR) is 103 cm³/mol. The minimum Gasteiger partial charge on any atom is -0.479 e. The van der Waals surface area contributed by atoms with Gasteiger partial charge in [0.1, 0.15) is 11.8 Å². The molecule has 3 rings (SSSR count). The van der Waals surface area contributed by atoms with Crippen molar-refractivity contribution in [1.29, 1.82) is 5.26 Å². The van der Waals surface area contributed by atoms with Crippen LogP contribution >= 0.6 is 27.7 Å². The van der Waals surface area contributed by atoms with Crippen LogP contribution in [0.5, 0.6) is 5.75 Å². The van der Waals surface area contributed by atoms with E-state index < -0.39 is 0 Å². The molecular weight excluding hydrogens is 416 g/mol. The fourth-order valence-corrected chi connectivity index (χ4v) is 3.44. The zero-order valence-electron chi connectivity index (χ0n) is 13.5. The molecule has 0 aromatic heterocycles. The maximum Gasteiger partial charge on any atom is 0.293 e. The van der Waals surface area contributed by atoms with E-state index in [4.69, 9.17) is 10.00 Å². The standard InChI is InChI=1S/C19H13BrN2O3S/c20-15-5-1-14(2-6-15)12-22-18(23)17(26-19(22)24)11-13-3-7-16(8-4-13)25-10-9-21/h1-8,11H,10,12H2/b17-11-. The minimum atomic E-state index is -0.298. The summed E-state index contributed by atoms with van der Waals surface area (Å²) in [6.45, 7) is 0.227. The Morgan fingerprint density at radius 2 is 1.81 bits per heavy atom. The number of benzene rings is 2. The first-order valence-corrected chi connectivity index (χ1v) is 9.27. The fourth-order valence-electron chi connectivity index (χ4n) is 2.34. The molecule has 2 aromatic rings. The van der Waals surface area contributed by atoms with E-state index in [2.05, 4.69) is 15.9 Å². The summed E-state index contributed by atoms with van der Waals surface area (Å²) in [6.07, 6.45) is 1.68. The second-order valence-electron chi connectivity index (χ2n) is 5.41. The summed E-state index contributed by atoms with van der Waals surface area (Å²) < 4.78 is 6.13. The lowest BCUT2D eigenvalue weighted by Crippen LogP contribution is -2.27. The van der Waals surface area contributed by atoms with Gasteiger partial charge in [0.15, 0.2) is 6.61 Å². The highest BCUT2D eigenvalue weighted by Crippen LogP contribution is 2.33. The summed E-state index contributed by atoms with van der Waals surface area (Å²) in [5.74, 6) is 0.278. The van der Waals surface area contributed by atoms with Crippen molar-refractivity contribution in [1.82, 2.24) is 4.90 Å². The monoisotopic (exact) mass is 428 g/mol. The van der Waals surface area contributed by atoms with Gasteiger partial charge in [-0.3, -0.25) is 14.5 Å². The molecule has 1 saturated heterocycles. The Morgan fingerprint density at radius 1 is 1.12 bits per heavy atom. The van der Waals surface area contributed by atoms with E-state index in [1.165, 1.54) is 4.90 Å². The average Bonchev–Trinajstić information content (AvgIpc) is 2.90. The molecule has 7 heteroatoms. The predicted octanol–water partition coefficient (Wildman–Crippen LogP) is 4.59. The molecule has 1 heterocycles. The molecule has 26 heavy (non-hydrogen) atoms. The smallest absolute Gasteiger partial charge is 0.293 e. The third-order valence-corrected chi connectivity index (χ3v) is 5.04. The molecule has 2 amide bonds. The molecule has 0 saturated carbocycles. The number of rotatable bonds is 5. The Morgan fingerprint density at radius 3 is 2.46 bits per heavy atom. The molecule has 1 aliphatic rings. The Hall–Kier alpha value is -2.56. The van der Waals surface area contributed by atoms with Crippen LogP contribution in [0.2, 0.25) is 0 Å². The fraction of sp³-hybridized carbons (Fsp3) is 0.105. The van der Waals surface area contributed by atoms with Gasteiger partial charge in [0.05, 0.1) is 11.4 Å². The van der Waals surface area contributed by atoms with Crippen molar-refractivity contribution in [3.63, 3.8) is 0 Å². The Kier molecular flexibility index (Phi) is 5.76. The van der Waals surface area contributed by atoms with Gasteiger partial charge in [0.2, 0.25) is 0 Å². The summed E-state index contributed by atoms with van der Waals surface area (Å²) in [5.41, 5.74) is 1.67. The maximum atomic E-state index is 12.5. The summed E-state index contributed by atoms with van der Waals surface area (Å²) >= 11 is 4.29. The number of hydrogen-bond donors (Lipinski definition) is 0. The highest BCUT2D eigenvalue weighted by atomic mass is 79.9. The largest absolute Gasteiger partial charge is 0.479 e. The van der Waals surface area contributed by atoms with Crippen molar-refractivity contribution in [2.24, 2.45) is 0 Å². The number of ether oxygens (including phenoxy) is 1. The summed E-state index contributed by atoms with van der Waals surface area (Å²) in [4.78, 5) is 26.4. The lowest BCUT2D eigenvalue weighted by atomic mass is 10.2. The van der Waals surface area contributed by atoms with Gasteiger partial charge in [0.25, 0.3) is 11.1 Å². The van der Waals surface area contributed by atoms with Crippen molar-refractivity contribution >= 4 is 44.9 Å². The van der Waals surface area contributed by atoms with E-state index in [0.29, 0.717) is 10.7 Å². The van der Waals surface area contributed by atoms with Gasteiger partial charge in [-0.15, -0.1) is 0 Å². The van der Waals surface area contributed by atoms with Crippen LogP contribution in [0.25, 0.3) is 6.08 Å². The van der Waals surface area contributed by atoms with Crippen LogP contribution in [0.15, 0.2) is 57.9 Å². The number of thioether (sulfide) groups is 1. The molecule has 5 nitrogen and oxygen atoms in total. The van der Waals surface area contributed by atoms with E-state index in [0.717, 1.165) is 27.4 Å². The van der Waals surface area contributed by atoms with Crippen LogP contribution in [-0.4, -0.2) is 22.7 Å². The number of carbonyl (C=O) groups is 2.